The molecule has 164 valence electrons. The second-order valence-electron chi connectivity index (χ2n) is 7.24. The van der Waals surface area contributed by atoms with Crippen LogP contribution >= 0.6 is 22.9 Å². The van der Waals surface area contributed by atoms with Gasteiger partial charge >= 0.3 is 0 Å². The molecule has 1 fully saturated rings. The predicted molar refractivity (Wildman–Crippen MR) is 127 cm³/mol. The van der Waals surface area contributed by atoms with Crippen LogP contribution in [0.5, 0.6) is 11.5 Å². The smallest absolute Gasteiger partial charge is 0.225 e. The maximum Gasteiger partial charge on any atom is 0.225 e. The number of fused-ring (bicyclic) bond motifs is 1. The second kappa shape index (κ2) is 8.76. The zero-order valence-corrected chi connectivity index (χ0v) is 19.2. The summed E-state index contributed by atoms with van der Waals surface area (Å²) in [5.74, 6) is 2.96. The topological polar surface area (TPSA) is 76.5 Å². The Kier molecular flexibility index (Phi) is 5.67. The summed E-state index contributed by atoms with van der Waals surface area (Å²) >= 11 is 7.86. The minimum Gasteiger partial charge on any atom is -0.493 e. The fourth-order valence-corrected chi connectivity index (χ4v) is 5.07. The van der Waals surface area contributed by atoms with Crippen LogP contribution < -0.4 is 19.3 Å². The number of methoxy groups -OCH3 is 2. The lowest BCUT2D eigenvalue weighted by Gasteiger charge is -2.35. The van der Waals surface area contributed by atoms with E-state index in [1.54, 1.807) is 38.0 Å². The summed E-state index contributed by atoms with van der Waals surface area (Å²) in [5.41, 5.74) is 2.06. The molecule has 3 aromatic heterocycles. The summed E-state index contributed by atoms with van der Waals surface area (Å²) in [6.07, 6.45) is 3.53. The van der Waals surface area contributed by atoms with E-state index in [1.807, 2.05) is 24.3 Å². The van der Waals surface area contributed by atoms with Crippen molar-refractivity contribution in [1.29, 1.82) is 0 Å². The van der Waals surface area contributed by atoms with Crippen LogP contribution in [0.25, 0.3) is 21.3 Å². The fourth-order valence-electron chi connectivity index (χ4n) is 3.92. The van der Waals surface area contributed by atoms with Crippen LogP contribution in [0, 0.1) is 0 Å². The van der Waals surface area contributed by atoms with E-state index in [4.69, 9.17) is 21.1 Å². The van der Waals surface area contributed by atoms with Gasteiger partial charge in [0.1, 0.15) is 10.6 Å². The standard InChI is InChI=1S/C22H21ClN6O2S/c1-30-16-5-4-14(12-17(16)31-2)15-13-32-20-18(15)19(26-21(23)27-20)28-8-10-29(11-9-28)22-24-6-3-7-25-22/h3-7,12-13H,8-11H2,1-2H3. The van der Waals surface area contributed by atoms with Gasteiger partial charge in [-0.3, -0.25) is 0 Å². The number of hydrogen-bond acceptors (Lipinski definition) is 9. The summed E-state index contributed by atoms with van der Waals surface area (Å²) in [6.45, 7) is 3.15. The van der Waals surface area contributed by atoms with E-state index < -0.39 is 0 Å². The van der Waals surface area contributed by atoms with Crippen LogP contribution in [0.4, 0.5) is 11.8 Å². The first-order chi connectivity index (χ1) is 15.7. The van der Waals surface area contributed by atoms with Crippen LogP contribution in [0.1, 0.15) is 0 Å². The number of benzene rings is 1. The van der Waals surface area contributed by atoms with Crippen molar-refractivity contribution in [3.63, 3.8) is 0 Å². The van der Waals surface area contributed by atoms with Gasteiger partial charge in [0, 0.05) is 49.5 Å². The molecule has 10 heteroatoms. The lowest BCUT2D eigenvalue weighted by atomic mass is 10.0. The van der Waals surface area contributed by atoms with Gasteiger partial charge in [-0.05, 0) is 35.4 Å². The number of nitrogens with zero attached hydrogens (tertiary/aromatic N) is 6. The highest BCUT2D eigenvalue weighted by Gasteiger charge is 2.24. The highest BCUT2D eigenvalue weighted by atomic mass is 35.5. The number of rotatable bonds is 5. The van der Waals surface area contributed by atoms with Crippen LogP contribution in [-0.2, 0) is 0 Å². The first-order valence-corrected chi connectivity index (χ1v) is 11.4. The molecule has 0 aliphatic carbocycles. The van der Waals surface area contributed by atoms with Crippen molar-refractivity contribution in [3.8, 4) is 22.6 Å². The zero-order valence-electron chi connectivity index (χ0n) is 17.7. The summed E-state index contributed by atoms with van der Waals surface area (Å²) in [6, 6.07) is 7.73. The SMILES string of the molecule is COc1ccc(-c2csc3nc(Cl)nc(N4CCN(c5ncccn5)CC4)c23)cc1OC. The number of piperazine rings is 1. The molecule has 0 saturated carbocycles. The largest absolute Gasteiger partial charge is 0.493 e. The summed E-state index contributed by atoms with van der Waals surface area (Å²) in [4.78, 5) is 23.1. The van der Waals surface area contributed by atoms with Crippen molar-refractivity contribution in [2.45, 2.75) is 0 Å². The van der Waals surface area contributed by atoms with Gasteiger partial charge in [0.25, 0.3) is 0 Å². The molecule has 4 heterocycles. The van der Waals surface area contributed by atoms with Crippen molar-refractivity contribution in [2.24, 2.45) is 0 Å². The lowest BCUT2D eigenvalue weighted by molar-refractivity contribution is 0.355. The first kappa shape index (κ1) is 20.7. The van der Waals surface area contributed by atoms with E-state index >= 15 is 0 Å². The minimum atomic E-state index is 0.252. The Morgan fingerprint density at radius 3 is 2.38 bits per heavy atom. The Morgan fingerprint density at radius 2 is 1.66 bits per heavy atom. The van der Waals surface area contributed by atoms with Gasteiger partial charge in [0.2, 0.25) is 11.2 Å². The molecule has 8 nitrogen and oxygen atoms in total. The number of halogens is 1. The fraction of sp³-hybridized carbons (Fsp3) is 0.273. The van der Waals surface area contributed by atoms with Crippen LogP contribution in [0.3, 0.4) is 0 Å². The van der Waals surface area contributed by atoms with Gasteiger partial charge in [-0.25, -0.2) is 15.0 Å². The van der Waals surface area contributed by atoms with Crippen LogP contribution in [0.2, 0.25) is 5.28 Å². The van der Waals surface area contributed by atoms with E-state index in [0.29, 0.717) is 11.5 Å². The monoisotopic (exact) mass is 468 g/mol. The summed E-state index contributed by atoms with van der Waals surface area (Å²) in [7, 11) is 3.27. The molecule has 5 rings (SSSR count). The molecule has 0 N–H and O–H groups in total. The highest BCUT2D eigenvalue weighted by Crippen LogP contribution is 2.41. The van der Waals surface area contributed by atoms with E-state index in [9.17, 15) is 0 Å². The molecule has 32 heavy (non-hydrogen) atoms. The molecule has 0 amide bonds. The number of aromatic nitrogens is 4. The molecule has 1 aliphatic heterocycles. The predicted octanol–water partition coefficient (Wildman–Crippen LogP) is 4.15. The maximum atomic E-state index is 6.30. The molecular formula is C22H21ClN6O2S. The van der Waals surface area contributed by atoms with E-state index in [1.165, 1.54) is 0 Å². The normalized spacial score (nSPS) is 14.1. The Hall–Kier alpha value is -3.17. The van der Waals surface area contributed by atoms with Crippen molar-refractivity contribution in [3.05, 3.63) is 47.3 Å². The second-order valence-corrected chi connectivity index (χ2v) is 8.43. The molecular weight excluding hydrogens is 448 g/mol. The molecule has 0 bridgehead atoms. The molecule has 1 saturated heterocycles. The zero-order chi connectivity index (χ0) is 22.1. The Balaban J connectivity index is 1.51. The third-order valence-electron chi connectivity index (χ3n) is 5.50. The van der Waals surface area contributed by atoms with Gasteiger partial charge < -0.3 is 19.3 Å². The van der Waals surface area contributed by atoms with Gasteiger partial charge in [0.15, 0.2) is 11.5 Å². The molecule has 1 aromatic carbocycles. The summed E-state index contributed by atoms with van der Waals surface area (Å²) < 4.78 is 10.9. The van der Waals surface area contributed by atoms with Gasteiger partial charge in [0.05, 0.1) is 19.6 Å². The minimum absolute atomic E-state index is 0.252. The number of ether oxygens (including phenoxy) is 2. The Labute approximate surface area is 194 Å². The van der Waals surface area contributed by atoms with Gasteiger partial charge in [-0.2, -0.15) is 4.98 Å². The molecule has 0 spiro atoms. The molecule has 0 radical (unpaired) electrons. The number of hydrogen-bond donors (Lipinski definition) is 0. The maximum absolute atomic E-state index is 6.30. The van der Waals surface area contributed by atoms with Crippen LogP contribution in [0.15, 0.2) is 42.0 Å². The molecule has 1 aliphatic rings. The third kappa shape index (κ3) is 3.78. The van der Waals surface area contributed by atoms with E-state index in [2.05, 4.69) is 35.1 Å². The highest BCUT2D eigenvalue weighted by molar-refractivity contribution is 7.17. The lowest BCUT2D eigenvalue weighted by Crippen LogP contribution is -2.47. The average molecular weight is 469 g/mol. The van der Waals surface area contributed by atoms with E-state index in [0.717, 1.165) is 59.3 Å². The van der Waals surface area contributed by atoms with Gasteiger partial charge in [-0.1, -0.05) is 6.07 Å². The quantitative estimate of drug-likeness (QED) is 0.404. The van der Waals surface area contributed by atoms with E-state index in [-0.39, 0.29) is 5.28 Å². The van der Waals surface area contributed by atoms with Gasteiger partial charge in [-0.15, -0.1) is 11.3 Å². The van der Waals surface area contributed by atoms with Crippen molar-refractivity contribution in [1.82, 2.24) is 19.9 Å². The van der Waals surface area contributed by atoms with Crippen molar-refractivity contribution in [2.75, 3.05) is 50.2 Å². The van der Waals surface area contributed by atoms with Crippen LogP contribution in [-0.4, -0.2) is 60.3 Å². The molecule has 0 unspecified atom stereocenters. The Bertz CT molecular complexity index is 1240. The van der Waals surface area contributed by atoms with Crippen molar-refractivity contribution >= 4 is 44.9 Å². The molecule has 4 aromatic rings. The molecule has 0 atom stereocenters. The average Bonchev–Trinajstić information content (AvgIpc) is 3.27. The first-order valence-electron chi connectivity index (χ1n) is 10.1. The Morgan fingerprint density at radius 1 is 0.938 bits per heavy atom. The number of anilines is 2. The number of thiophene rings is 1. The third-order valence-corrected chi connectivity index (χ3v) is 6.54. The summed E-state index contributed by atoms with van der Waals surface area (Å²) in [5, 5.41) is 3.34. The van der Waals surface area contributed by atoms with Crippen molar-refractivity contribution < 1.29 is 9.47 Å².